The van der Waals surface area contributed by atoms with Gasteiger partial charge in [-0.05, 0) is 11.1 Å². The number of hydrogen-bond donors (Lipinski definition) is 2. The maximum absolute atomic E-state index is 11.1. The maximum atomic E-state index is 11.1. The number of carbonyl (C=O) groups excluding carboxylic acids is 1. The molecule has 0 saturated heterocycles. The Bertz CT molecular complexity index is 330. The molecule has 0 bridgehead atoms. The molecule has 14 heavy (non-hydrogen) atoms. The van der Waals surface area contributed by atoms with Crippen LogP contribution in [0.1, 0.15) is 17.2 Å². The molecule has 78 valence electrons. The predicted molar refractivity (Wildman–Crippen MR) is 59.7 cm³/mol. The molecule has 0 fully saturated rings. The summed E-state index contributed by atoms with van der Waals surface area (Å²) >= 11 is 0. The first-order chi connectivity index (χ1) is 5.79. The van der Waals surface area contributed by atoms with Crippen LogP contribution in [0.5, 0.6) is 0 Å². The number of nitrogens with one attached hydrogen (secondary N) is 1. The SMILES string of the molecule is Cl.Cl.NC1C(=O)NCc2ccccc21. The minimum absolute atomic E-state index is 0. The van der Waals surface area contributed by atoms with Crippen molar-refractivity contribution in [2.24, 2.45) is 5.73 Å². The molecular formula is C9H12Cl2N2O. The van der Waals surface area contributed by atoms with Crippen molar-refractivity contribution in [3.8, 4) is 0 Å². The molecular weight excluding hydrogens is 223 g/mol. The number of fused-ring (bicyclic) bond motifs is 1. The average molecular weight is 235 g/mol. The van der Waals surface area contributed by atoms with Crippen molar-refractivity contribution in [2.75, 3.05) is 0 Å². The van der Waals surface area contributed by atoms with Crippen molar-refractivity contribution in [3.63, 3.8) is 0 Å². The Hall–Kier alpha value is -0.770. The Morgan fingerprint density at radius 1 is 1.29 bits per heavy atom. The highest BCUT2D eigenvalue weighted by molar-refractivity contribution is 5.86. The van der Waals surface area contributed by atoms with Crippen LogP contribution in [0.15, 0.2) is 24.3 Å². The van der Waals surface area contributed by atoms with E-state index in [9.17, 15) is 4.79 Å². The van der Waals surface area contributed by atoms with Gasteiger partial charge in [0.25, 0.3) is 0 Å². The van der Waals surface area contributed by atoms with Crippen molar-refractivity contribution in [1.82, 2.24) is 5.32 Å². The van der Waals surface area contributed by atoms with E-state index in [4.69, 9.17) is 5.73 Å². The third-order valence-electron chi connectivity index (χ3n) is 2.13. The van der Waals surface area contributed by atoms with Gasteiger partial charge in [0.05, 0.1) is 0 Å². The standard InChI is InChI=1S/C9H10N2O.2ClH/c10-8-7-4-2-1-3-6(7)5-11-9(8)12;;/h1-4,8H,5,10H2,(H,11,12);2*1H. The fourth-order valence-corrected chi connectivity index (χ4v) is 1.43. The number of benzene rings is 1. The molecule has 0 saturated carbocycles. The molecule has 0 spiro atoms. The van der Waals surface area contributed by atoms with Gasteiger partial charge >= 0.3 is 0 Å². The molecule has 5 heteroatoms. The summed E-state index contributed by atoms with van der Waals surface area (Å²) in [7, 11) is 0. The summed E-state index contributed by atoms with van der Waals surface area (Å²) in [6.45, 7) is 0.600. The van der Waals surface area contributed by atoms with Crippen LogP contribution in [0, 0.1) is 0 Å². The van der Waals surface area contributed by atoms with Crippen LogP contribution >= 0.6 is 24.8 Å². The molecule has 3 N–H and O–H groups in total. The molecule has 1 aliphatic heterocycles. The van der Waals surface area contributed by atoms with E-state index in [2.05, 4.69) is 5.32 Å². The number of carbonyl (C=O) groups is 1. The topological polar surface area (TPSA) is 55.1 Å². The van der Waals surface area contributed by atoms with E-state index >= 15 is 0 Å². The highest BCUT2D eigenvalue weighted by Crippen LogP contribution is 2.19. The lowest BCUT2D eigenvalue weighted by atomic mass is 9.97. The second kappa shape index (κ2) is 5.20. The van der Waals surface area contributed by atoms with Gasteiger partial charge in [-0.1, -0.05) is 24.3 Å². The zero-order chi connectivity index (χ0) is 8.55. The van der Waals surface area contributed by atoms with Crippen molar-refractivity contribution in [1.29, 1.82) is 0 Å². The van der Waals surface area contributed by atoms with Crippen LogP contribution in [0.4, 0.5) is 0 Å². The third kappa shape index (κ3) is 2.18. The Kier molecular flexibility index (Phi) is 4.91. The van der Waals surface area contributed by atoms with Crippen LogP contribution in [0.2, 0.25) is 0 Å². The summed E-state index contributed by atoms with van der Waals surface area (Å²) in [5, 5.41) is 2.72. The maximum Gasteiger partial charge on any atom is 0.241 e. The van der Waals surface area contributed by atoms with Gasteiger partial charge in [-0.25, -0.2) is 0 Å². The molecule has 1 aliphatic rings. The largest absolute Gasteiger partial charge is 0.350 e. The summed E-state index contributed by atoms with van der Waals surface area (Å²) in [4.78, 5) is 11.1. The average Bonchev–Trinajstić information content (AvgIpc) is 2.12. The fraction of sp³-hybridized carbons (Fsp3) is 0.222. The molecule has 3 nitrogen and oxygen atoms in total. The number of amides is 1. The predicted octanol–water partition coefficient (Wildman–Crippen LogP) is 1.16. The Labute approximate surface area is 94.9 Å². The number of hydrogen-bond acceptors (Lipinski definition) is 2. The van der Waals surface area contributed by atoms with Crippen molar-refractivity contribution >= 4 is 30.7 Å². The summed E-state index contributed by atoms with van der Waals surface area (Å²) in [6, 6.07) is 7.24. The Morgan fingerprint density at radius 2 is 1.93 bits per heavy atom. The number of halogens is 2. The summed E-state index contributed by atoms with van der Waals surface area (Å²) in [5.74, 6) is -0.0892. The molecule has 1 amide bonds. The number of nitrogens with two attached hydrogens (primary N) is 1. The Morgan fingerprint density at radius 3 is 2.64 bits per heavy atom. The molecule has 1 atom stereocenters. The van der Waals surface area contributed by atoms with Crippen LogP contribution < -0.4 is 11.1 Å². The van der Waals surface area contributed by atoms with Gasteiger partial charge in [0.2, 0.25) is 5.91 Å². The minimum atomic E-state index is -0.491. The van der Waals surface area contributed by atoms with Crippen LogP contribution in [-0.4, -0.2) is 5.91 Å². The van der Waals surface area contributed by atoms with Gasteiger partial charge in [-0.3, -0.25) is 4.79 Å². The highest BCUT2D eigenvalue weighted by Gasteiger charge is 2.22. The van der Waals surface area contributed by atoms with E-state index in [1.807, 2.05) is 24.3 Å². The normalized spacial score (nSPS) is 18.4. The highest BCUT2D eigenvalue weighted by atomic mass is 35.5. The summed E-state index contributed by atoms with van der Waals surface area (Å²) < 4.78 is 0. The molecule has 1 aromatic rings. The van der Waals surface area contributed by atoms with Crippen molar-refractivity contribution in [3.05, 3.63) is 35.4 Å². The third-order valence-corrected chi connectivity index (χ3v) is 2.13. The zero-order valence-corrected chi connectivity index (χ0v) is 9.03. The van der Waals surface area contributed by atoms with Gasteiger partial charge in [0.1, 0.15) is 6.04 Å². The van der Waals surface area contributed by atoms with E-state index in [-0.39, 0.29) is 30.7 Å². The van der Waals surface area contributed by atoms with Gasteiger partial charge < -0.3 is 11.1 Å². The molecule has 0 radical (unpaired) electrons. The molecule has 0 aromatic heterocycles. The van der Waals surface area contributed by atoms with Crippen molar-refractivity contribution < 1.29 is 4.79 Å². The quantitative estimate of drug-likeness (QED) is 0.708. The molecule has 1 unspecified atom stereocenters. The van der Waals surface area contributed by atoms with Gasteiger partial charge in [0, 0.05) is 6.54 Å². The Balaban J connectivity index is 0.000000845. The van der Waals surface area contributed by atoms with E-state index < -0.39 is 6.04 Å². The van der Waals surface area contributed by atoms with Crippen LogP contribution in [0.25, 0.3) is 0 Å². The van der Waals surface area contributed by atoms with Crippen LogP contribution in [-0.2, 0) is 11.3 Å². The van der Waals surface area contributed by atoms with Crippen LogP contribution in [0.3, 0.4) is 0 Å². The van der Waals surface area contributed by atoms with Gasteiger partial charge in [-0.15, -0.1) is 24.8 Å². The second-order valence-corrected chi connectivity index (χ2v) is 2.89. The van der Waals surface area contributed by atoms with Crippen molar-refractivity contribution in [2.45, 2.75) is 12.6 Å². The minimum Gasteiger partial charge on any atom is -0.350 e. The molecule has 2 rings (SSSR count). The van der Waals surface area contributed by atoms with E-state index in [1.165, 1.54) is 0 Å². The van der Waals surface area contributed by atoms with E-state index in [0.717, 1.165) is 11.1 Å². The van der Waals surface area contributed by atoms with Gasteiger partial charge in [0.15, 0.2) is 0 Å². The monoisotopic (exact) mass is 234 g/mol. The first-order valence-corrected chi connectivity index (χ1v) is 3.90. The van der Waals surface area contributed by atoms with Gasteiger partial charge in [-0.2, -0.15) is 0 Å². The second-order valence-electron chi connectivity index (χ2n) is 2.89. The summed E-state index contributed by atoms with van der Waals surface area (Å²) in [6.07, 6.45) is 0. The zero-order valence-electron chi connectivity index (χ0n) is 7.40. The first kappa shape index (κ1) is 13.2. The smallest absolute Gasteiger partial charge is 0.241 e. The molecule has 0 aliphatic carbocycles. The van der Waals surface area contributed by atoms with E-state index in [0.29, 0.717) is 6.54 Å². The molecule has 1 aromatic carbocycles. The van der Waals surface area contributed by atoms with E-state index in [1.54, 1.807) is 0 Å². The fourth-order valence-electron chi connectivity index (χ4n) is 1.43. The lowest BCUT2D eigenvalue weighted by molar-refractivity contribution is -0.123. The first-order valence-electron chi connectivity index (χ1n) is 3.90. The lowest BCUT2D eigenvalue weighted by Crippen LogP contribution is -2.38. The lowest BCUT2D eigenvalue weighted by Gasteiger charge is -2.21. The molecule has 1 heterocycles. The summed E-state index contributed by atoms with van der Waals surface area (Å²) in [5.41, 5.74) is 7.74. The number of rotatable bonds is 0.